The van der Waals surface area contributed by atoms with Crippen molar-refractivity contribution in [2.24, 2.45) is 28.1 Å². The van der Waals surface area contributed by atoms with E-state index in [1.807, 2.05) is 0 Å². The number of aliphatic hydroxyl groups excluding tert-OH is 3. The highest BCUT2D eigenvalue weighted by atomic mass is 32.2. The second-order valence-electron chi connectivity index (χ2n) is 17.1. The Kier molecular flexibility index (Phi) is 21.9. The SMILES string of the molecule is Cc1c(N)nc([C@H](CC(N)=O)NC[C@H](N)C(N)=O)nc1C(=O)N[C@H](C(=O)N[C@H](C)[C@@H](O)[C@H](C)C(=O)N[C@H](C(=O)NCCc1nc(-c2nc(C(=O)NCCC[S+](C)C)cs2)cs1)[C@@H](C)O)[C@@H](O)C1CN=CN1. The van der Waals surface area contributed by atoms with Crippen LogP contribution in [0.3, 0.4) is 0 Å². The number of hydrogen-bond donors (Lipinski definition) is 14. The van der Waals surface area contributed by atoms with Crippen LogP contribution >= 0.6 is 22.7 Å². The number of hydrogen-bond acceptors (Lipinski definition) is 21. The summed E-state index contributed by atoms with van der Waals surface area (Å²) in [4.78, 5) is 112. The van der Waals surface area contributed by atoms with Gasteiger partial charge in [0.1, 0.15) is 57.7 Å². The normalized spacial score (nSPS) is 17.1. The summed E-state index contributed by atoms with van der Waals surface area (Å²) < 4.78 is 0. The molecule has 4 heterocycles. The Balaban J connectivity index is 1.37. The highest BCUT2D eigenvalue weighted by molar-refractivity contribution is 7.95. The van der Waals surface area contributed by atoms with Gasteiger partial charge in [0.05, 0.1) is 72.7 Å². The largest absolute Gasteiger partial charge is 0.391 e. The second-order valence-corrected chi connectivity index (χ2v) is 21.3. The number of nitrogen functional groups attached to an aromatic ring is 1. The van der Waals surface area contributed by atoms with Crippen LogP contribution in [0.4, 0.5) is 5.82 Å². The molecular weight excluding hydrogens is 985 g/mol. The molecule has 26 nitrogen and oxygen atoms in total. The Bertz CT molecular complexity index is 2380. The lowest BCUT2D eigenvalue weighted by atomic mass is 9.96. The molecule has 18 N–H and O–H groups in total. The van der Waals surface area contributed by atoms with Crippen LogP contribution in [0.5, 0.6) is 0 Å². The number of nitrogens with zero attached hydrogens (tertiary/aromatic N) is 5. The first-order valence-corrected chi connectivity index (χ1v) is 26.4. The van der Waals surface area contributed by atoms with Crippen molar-refractivity contribution >= 4 is 87.1 Å². The predicted molar refractivity (Wildman–Crippen MR) is 268 cm³/mol. The lowest BCUT2D eigenvalue weighted by molar-refractivity contribution is -0.136. The molecule has 0 radical (unpaired) electrons. The van der Waals surface area contributed by atoms with Gasteiger partial charge in [0.15, 0.2) is 0 Å². The maximum absolute atomic E-state index is 13.9. The Labute approximate surface area is 420 Å². The average Bonchev–Trinajstić information content (AvgIpc) is 4.13. The van der Waals surface area contributed by atoms with E-state index in [0.29, 0.717) is 45.3 Å². The van der Waals surface area contributed by atoms with Gasteiger partial charge >= 0.3 is 0 Å². The smallest absolute Gasteiger partial charge is 0.271 e. The fraction of sp³-hybridized carbons (Fsp3) is 0.571. The zero-order valence-electron chi connectivity index (χ0n) is 40.1. The summed E-state index contributed by atoms with van der Waals surface area (Å²) in [6, 6.07) is -7.51. The van der Waals surface area contributed by atoms with E-state index < -0.39 is 102 Å². The molecule has 3 aromatic rings. The first kappa shape index (κ1) is 57.6. The lowest BCUT2D eigenvalue weighted by Crippen LogP contribution is -2.61. The second kappa shape index (κ2) is 27.0. The summed E-state index contributed by atoms with van der Waals surface area (Å²) in [5, 5.41) is 56.5. The standard InChI is InChI=1S/C42H64N16O10S3/c1-18-29(55-36(58-34(18)45)23(12-27(44)60)50-13-22(43)35(46)63)40(67)57-31(33(62)24-14-47-17-51-24)41(68)52-20(3)32(61)19(2)37(64)56-30(21(4)59)39(66)49-10-8-28-53-26(16-69-28)42-54-25(15-70-42)38(65)48-9-7-11-71(5)6/h15-17,19-24,30-33,50,59,61-62H,7-14,43H2,1-6H3,(H11-,44,45,46,47,48,49,51,52,55,56,57,58,60,63,64,65,66,67,68)/p+1/t19-,20+,21+,22-,23-,24?,30-,31-,32-,33-/m0/s1. The Morgan fingerprint density at radius 1 is 0.873 bits per heavy atom. The zero-order valence-corrected chi connectivity index (χ0v) is 42.6. The molecular formula is C42H65N16O10S3+. The van der Waals surface area contributed by atoms with Crippen molar-refractivity contribution in [3.63, 3.8) is 0 Å². The van der Waals surface area contributed by atoms with Gasteiger partial charge in [-0.3, -0.25) is 38.6 Å². The van der Waals surface area contributed by atoms with Crippen molar-refractivity contribution in [2.75, 3.05) is 50.2 Å². The van der Waals surface area contributed by atoms with E-state index in [0.717, 1.165) is 12.2 Å². The quantitative estimate of drug-likeness (QED) is 0.0241. The van der Waals surface area contributed by atoms with Crippen LogP contribution in [0, 0.1) is 12.8 Å². The molecule has 3 aromatic heterocycles. The summed E-state index contributed by atoms with van der Waals surface area (Å²) in [5.41, 5.74) is 23.1. The minimum Gasteiger partial charge on any atom is -0.391 e. The maximum Gasteiger partial charge on any atom is 0.271 e. The van der Waals surface area contributed by atoms with Crippen molar-refractivity contribution in [1.29, 1.82) is 0 Å². The molecule has 0 aliphatic carbocycles. The number of nitrogens with one attached hydrogen (secondary N) is 7. The number of aliphatic hydroxyl groups is 3. The van der Waals surface area contributed by atoms with Gasteiger partial charge in [-0.25, -0.2) is 19.9 Å². The van der Waals surface area contributed by atoms with Gasteiger partial charge in [-0.1, -0.05) is 6.92 Å². The van der Waals surface area contributed by atoms with E-state index in [2.05, 4.69) is 74.7 Å². The first-order valence-electron chi connectivity index (χ1n) is 22.4. The van der Waals surface area contributed by atoms with Crippen molar-refractivity contribution in [3.05, 3.63) is 38.5 Å². The number of primary amides is 2. The molecule has 0 fully saturated rings. The molecule has 390 valence electrons. The van der Waals surface area contributed by atoms with Crippen LogP contribution in [-0.2, 0) is 41.3 Å². The fourth-order valence-electron chi connectivity index (χ4n) is 6.83. The van der Waals surface area contributed by atoms with E-state index in [-0.39, 0.29) is 48.4 Å². The summed E-state index contributed by atoms with van der Waals surface area (Å²) in [5.74, 6) is -6.11. The summed E-state index contributed by atoms with van der Waals surface area (Å²) in [6.45, 7) is 5.87. The number of amides is 7. The van der Waals surface area contributed by atoms with Gasteiger partial charge in [0.25, 0.3) is 11.8 Å². The topological polar surface area (TPSA) is 432 Å². The van der Waals surface area contributed by atoms with Gasteiger partial charge in [0.2, 0.25) is 29.5 Å². The van der Waals surface area contributed by atoms with Crippen LogP contribution in [0.15, 0.2) is 15.8 Å². The minimum absolute atomic E-state index is 0.0209. The number of nitrogens with two attached hydrogens (primary N) is 4. The minimum atomic E-state index is -1.74. The monoisotopic (exact) mass is 1050 g/mol. The number of aromatic nitrogens is 4. The van der Waals surface area contributed by atoms with Crippen molar-refractivity contribution in [2.45, 2.75) is 102 Å². The molecule has 7 amide bonds. The van der Waals surface area contributed by atoms with Gasteiger partial charge in [-0.15, -0.1) is 22.7 Å². The Morgan fingerprint density at radius 2 is 1.59 bits per heavy atom. The molecule has 10 atom stereocenters. The van der Waals surface area contributed by atoms with Crippen LogP contribution < -0.4 is 60.2 Å². The Hall–Kier alpha value is -5.95. The lowest BCUT2D eigenvalue weighted by Gasteiger charge is -2.31. The number of carbonyl (C=O) groups excluding carboxylic acids is 7. The van der Waals surface area contributed by atoms with Gasteiger partial charge < -0.3 is 75.5 Å². The average molecular weight is 1050 g/mol. The van der Waals surface area contributed by atoms with E-state index >= 15 is 0 Å². The number of thiazole rings is 2. The van der Waals surface area contributed by atoms with Gasteiger partial charge in [-0.05, 0) is 31.7 Å². The third-order valence-corrected chi connectivity index (χ3v) is 14.0. The molecule has 0 saturated carbocycles. The third-order valence-electron chi connectivity index (χ3n) is 11.1. The van der Waals surface area contributed by atoms with Gasteiger partial charge in [0, 0.05) is 55.2 Å². The molecule has 29 heteroatoms. The van der Waals surface area contributed by atoms with Crippen molar-refractivity contribution in [3.8, 4) is 10.7 Å². The van der Waals surface area contributed by atoms with Crippen molar-refractivity contribution in [1.82, 2.24) is 57.2 Å². The zero-order chi connectivity index (χ0) is 52.7. The number of rotatable bonds is 28. The summed E-state index contributed by atoms with van der Waals surface area (Å²) >= 11 is 2.62. The molecule has 0 aromatic carbocycles. The third kappa shape index (κ3) is 16.8. The highest BCUT2D eigenvalue weighted by Crippen LogP contribution is 2.26. The summed E-state index contributed by atoms with van der Waals surface area (Å²) in [6.07, 6.45) is 1.77. The molecule has 0 bridgehead atoms. The van der Waals surface area contributed by atoms with E-state index in [4.69, 9.17) is 22.9 Å². The van der Waals surface area contributed by atoms with Gasteiger partial charge in [-0.2, -0.15) is 0 Å². The van der Waals surface area contributed by atoms with E-state index in [1.165, 1.54) is 56.7 Å². The number of carbonyl (C=O) groups is 7. The highest BCUT2D eigenvalue weighted by Gasteiger charge is 2.39. The Morgan fingerprint density at radius 3 is 2.23 bits per heavy atom. The van der Waals surface area contributed by atoms with Crippen LogP contribution in [0.2, 0.25) is 0 Å². The number of anilines is 1. The number of aliphatic imine (C=N–C) groups is 1. The first-order chi connectivity index (χ1) is 33.5. The fourth-order valence-corrected chi connectivity index (χ4v) is 9.17. The molecule has 1 aliphatic rings. The molecule has 0 saturated heterocycles. The molecule has 1 aliphatic heterocycles. The molecule has 71 heavy (non-hydrogen) atoms. The summed E-state index contributed by atoms with van der Waals surface area (Å²) in [7, 11) is 0.296. The van der Waals surface area contributed by atoms with Crippen LogP contribution in [0.1, 0.15) is 77.0 Å². The van der Waals surface area contributed by atoms with E-state index in [1.54, 1.807) is 10.8 Å². The van der Waals surface area contributed by atoms with Crippen LogP contribution in [-0.4, -0.2) is 176 Å². The van der Waals surface area contributed by atoms with Crippen LogP contribution in [0.25, 0.3) is 10.7 Å². The molecule has 4 rings (SSSR count). The molecule has 0 spiro atoms. The van der Waals surface area contributed by atoms with E-state index in [9.17, 15) is 48.9 Å². The van der Waals surface area contributed by atoms with Crippen molar-refractivity contribution < 1.29 is 48.9 Å². The predicted octanol–water partition coefficient (Wildman–Crippen LogP) is -4.55. The molecule has 1 unspecified atom stereocenters. The maximum atomic E-state index is 13.9.